The van der Waals surface area contributed by atoms with Crippen LogP contribution in [0.2, 0.25) is 0 Å². The second-order valence-electron chi connectivity index (χ2n) is 5.20. The molecule has 1 heterocycles. The minimum absolute atomic E-state index is 0.0824. The molecule has 0 saturated carbocycles. The van der Waals surface area contributed by atoms with Crippen molar-refractivity contribution in [3.05, 3.63) is 70.5 Å². The molecule has 116 valence electrons. The number of amides is 1. The number of nitrogens with one attached hydrogen (secondary N) is 1. The maximum absolute atomic E-state index is 12.6. The number of para-hydroxylation sites is 2. The fraction of sp³-hybridized carbons (Fsp3) is 0.167. The van der Waals surface area contributed by atoms with Crippen molar-refractivity contribution in [1.82, 2.24) is 15.1 Å². The van der Waals surface area contributed by atoms with E-state index in [9.17, 15) is 9.59 Å². The molecule has 0 aliphatic heterocycles. The zero-order valence-corrected chi connectivity index (χ0v) is 12.8. The molecule has 1 aromatic heterocycles. The van der Waals surface area contributed by atoms with Gasteiger partial charge in [0, 0.05) is 6.54 Å². The monoisotopic (exact) mass is 307 g/mol. The molecule has 2 aromatic carbocycles. The second kappa shape index (κ2) is 6.44. The standard InChI is InChI=1S/C18H17N3O2/c1-2-12-19-18(23)16-17(22)14-10-6-7-11-15(14)21(20-16)13-8-4-3-5-9-13/h3-11H,2,12H2,1H3,(H,19,23). The Morgan fingerprint density at radius 2 is 1.78 bits per heavy atom. The van der Waals surface area contributed by atoms with Gasteiger partial charge in [-0.15, -0.1) is 0 Å². The van der Waals surface area contributed by atoms with Gasteiger partial charge in [-0.25, -0.2) is 4.68 Å². The van der Waals surface area contributed by atoms with Crippen LogP contribution >= 0.6 is 0 Å². The fourth-order valence-corrected chi connectivity index (χ4v) is 2.41. The van der Waals surface area contributed by atoms with E-state index in [0.29, 0.717) is 17.4 Å². The van der Waals surface area contributed by atoms with Crippen LogP contribution in [-0.4, -0.2) is 22.2 Å². The Kier molecular flexibility index (Phi) is 4.19. The lowest BCUT2D eigenvalue weighted by atomic mass is 10.2. The summed E-state index contributed by atoms with van der Waals surface area (Å²) in [4.78, 5) is 24.8. The van der Waals surface area contributed by atoms with Crippen LogP contribution in [0.3, 0.4) is 0 Å². The Bertz CT molecular complexity index is 901. The van der Waals surface area contributed by atoms with Gasteiger partial charge >= 0.3 is 0 Å². The van der Waals surface area contributed by atoms with Gasteiger partial charge < -0.3 is 5.32 Å². The van der Waals surface area contributed by atoms with Crippen LogP contribution in [0.25, 0.3) is 16.6 Å². The van der Waals surface area contributed by atoms with E-state index in [1.165, 1.54) is 0 Å². The van der Waals surface area contributed by atoms with E-state index in [1.807, 2.05) is 49.4 Å². The Labute approximate surface area is 133 Å². The number of rotatable bonds is 4. The van der Waals surface area contributed by atoms with Crippen molar-refractivity contribution in [3.8, 4) is 5.69 Å². The van der Waals surface area contributed by atoms with Gasteiger partial charge in [0.05, 0.1) is 16.6 Å². The summed E-state index contributed by atoms with van der Waals surface area (Å²) in [5.41, 5.74) is 1.05. The highest BCUT2D eigenvalue weighted by atomic mass is 16.2. The number of carbonyl (C=O) groups excluding carboxylic acids is 1. The molecular formula is C18H17N3O2. The molecule has 3 rings (SSSR count). The number of fused-ring (bicyclic) bond motifs is 1. The molecule has 5 heteroatoms. The summed E-state index contributed by atoms with van der Waals surface area (Å²) in [5.74, 6) is -0.438. The van der Waals surface area contributed by atoms with Crippen molar-refractivity contribution >= 4 is 16.8 Å². The molecule has 0 aliphatic carbocycles. The van der Waals surface area contributed by atoms with Crippen molar-refractivity contribution < 1.29 is 4.79 Å². The molecule has 3 aromatic rings. The van der Waals surface area contributed by atoms with Gasteiger partial charge in [-0.2, -0.15) is 5.10 Å². The highest BCUT2D eigenvalue weighted by Gasteiger charge is 2.17. The highest BCUT2D eigenvalue weighted by molar-refractivity contribution is 5.95. The molecule has 5 nitrogen and oxygen atoms in total. The number of benzene rings is 2. The molecule has 23 heavy (non-hydrogen) atoms. The summed E-state index contributed by atoms with van der Waals surface area (Å²) < 4.78 is 1.64. The van der Waals surface area contributed by atoms with Gasteiger partial charge in [0.15, 0.2) is 5.69 Å². The highest BCUT2D eigenvalue weighted by Crippen LogP contribution is 2.15. The largest absolute Gasteiger partial charge is 0.351 e. The van der Waals surface area contributed by atoms with Crippen molar-refractivity contribution in [2.75, 3.05) is 6.54 Å². The van der Waals surface area contributed by atoms with E-state index in [2.05, 4.69) is 10.4 Å². The molecular weight excluding hydrogens is 290 g/mol. The SMILES string of the molecule is CCCNC(=O)c1nn(-c2ccccc2)c2ccccc2c1=O. The quantitative estimate of drug-likeness (QED) is 0.805. The predicted molar refractivity (Wildman–Crippen MR) is 90.0 cm³/mol. The molecule has 0 saturated heterocycles. The Hall–Kier alpha value is -2.95. The van der Waals surface area contributed by atoms with Crippen molar-refractivity contribution in [2.24, 2.45) is 0 Å². The summed E-state index contributed by atoms with van der Waals surface area (Å²) in [7, 11) is 0. The molecule has 1 N–H and O–H groups in total. The summed E-state index contributed by atoms with van der Waals surface area (Å²) in [6.07, 6.45) is 0.798. The van der Waals surface area contributed by atoms with E-state index in [0.717, 1.165) is 12.1 Å². The third-order valence-electron chi connectivity index (χ3n) is 3.54. The number of carbonyl (C=O) groups is 1. The van der Waals surface area contributed by atoms with Crippen LogP contribution in [0.1, 0.15) is 23.8 Å². The zero-order chi connectivity index (χ0) is 16.2. The normalized spacial score (nSPS) is 10.7. The van der Waals surface area contributed by atoms with Crippen molar-refractivity contribution in [1.29, 1.82) is 0 Å². The number of aromatic nitrogens is 2. The van der Waals surface area contributed by atoms with Gasteiger partial charge in [-0.1, -0.05) is 37.3 Å². The average Bonchev–Trinajstić information content (AvgIpc) is 2.61. The van der Waals surface area contributed by atoms with Gasteiger partial charge in [-0.05, 0) is 30.7 Å². The van der Waals surface area contributed by atoms with E-state index < -0.39 is 5.91 Å². The number of nitrogens with zero attached hydrogens (tertiary/aromatic N) is 2. The van der Waals surface area contributed by atoms with Gasteiger partial charge in [0.1, 0.15) is 0 Å². The van der Waals surface area contributed by atoms with Crippen molar-refractivity contribution in [3.63, 3.8) is 0 Å². The van der Waals surface area contributed by atoms with Gasteiger partial charge in [0.2, 0.25) is 5.43 Å². The maximum atomic E-state index is 12.6. The van der Waals surface area contributed by atoms with Crippen molar-refractivity contribution in [2.45, 2.75) is 13.3 Å². The first-order valence-corrected chi connectivity index (χ1v) is 7.58. The molecule has 0 radical (unpaired) electrons. The first kappa shape index (κ1) is 15.0. The van der Waals surface area contributed by atoms with Crippen LogP contribution in [0, 0.1) is 0 Å². The third-order valence-corrected chi connectivity index (χ3v) is 3.54. The Morgan fingerprint density at radius 1 is 1.09 bits per heavy atom. The molecule has 0 spiro atoms. The predicted octanol–water partition coefficient (Wildman–Crippen LogP) is 2.53. The van der Waals surface area contributed by atoms with Crippen LogP contribution in [0.15, 0.2) is 59.4 Å². The minimum atomic E-state index is -0.438. The van der Waals surface area contributed by atoms with E-state index in [1.54, 1.807) is 16.8 Å². The summed E-state index contributed by atoms with van der Waals surface area (Å²) in [6.45, 7) is 2.47. The Morgan fingerprint density at radius 3 is 2.52 bits per heavy atom. The van der Waals surface area contributed by atoms with E-state index in [4.69, 9.17) is 0 Å². The molecule has 1 amide bonds. The average molecular weight is 307 g/mol. The molecule has 0 unspecified atom stereocenters. The van der Waals surface area contributed by atoms with Crippen LogP contribution in [-0.2, 0) is 0 Å². The molecule has 0 fully saturated rings. The lowest BCUT2D eigenvalue weighted by Crippen LogP contribution is -2.32. The van der Waals surface area contributed by atoms with Gasteiger partial charge in [0.25, 0.3) is 5.91 Å². The molecule has 0 bridgehead atoms. The van der Waals surface area contributed by atoms with Crippen LogP contribution in [0.5, 0.6) is 0 Å². The third kappa shape index (κ3) is 2.85. The molecule has 0 atom stereocenters. The first-order valence-electron chi connectivity index (χ1n) is 7.58. The lowest BCUT2D eigenvalue weighted by molar-refractivity contribution is 0.0946. The topological polar surface area (TPSA) is 64.0 Å². The lowest BCUT2D eigenvalue weighted by Gasteiger charge is -2.12. The molecule has 0 aliphatic rings. The van der Waals surface area contributed by atoms with Gasteiger partial charge in [-0.3, -0.25) is 9.59 Å². The van der Waals surface area contributed by atoms with Crippen LogP contribution in [0.4, 0.5) is 0 Å². The minimum Gasteiger partial charge on any atom is -0.351 e. The van der Waals surface area contributed by atoms with E-state index >= 15 is 0 Å². The first-order chi connectivity index (χ1) is 11.2. The zero-order valence-electron chi connectivity index (χ0n) is 12.8. The number of hydrogen-bond donors (Lipinski definition) is 1. The maximum Gasteiger partial charge on any atom is 0.275 e. The number of hydrogen-bond acceptors (Lipinski definition) is 3. The second-order valence-corrected chi connectivity index (χ2v) is 5.20. The van der Waals surface area contributed by atoms with E-state index in [-0.39, 0.29) is 11.1 Å². The van der Waals surface area contributed by atoms with Crippen LogP contribution < -0.4 is 10.7 Å². The smallest absolute Gasteiger partial charge is 0.275 e. The summed E-state index contributed by atoms with van der Waals surface area (Å²) in [5, 5.41) is 7.51. The fourth-order valence-electron chi connectivity index (χ4n) is 2.41. The summed E-state index contributed by atoms with van der Waals surface area (Å²) >= 11 is 0. The Balaban J connectivity index is 2.25. The summed E-state index contributed by atoms with van der Waals surface area (Å²) in [6, 6.07) is 16.6.